The van der Waals surface area contributed by atoms with Gasteiger partial charge < -0.3 is 5.32 Å². The third-order valence-corrected chi connectivity index (χ3v) is 5.39. The molecule has 0 aromatic rings. The Morgan fingerprint density at radius 3 is 2.44 bits per heavy atom. The number of halogens is 1. The molecule has 3 fully saturated rings. The lowest BCUT2D eigenvalue weighted by atomic mass is 10.1. The Morgan fingerprint density at radius 1 is 1.12 bits per heavy atom. The number of carbonyl (C=O) groups excluding carboxylic acids is 1. The number of fused-ring (bicyclic) bond motifs is 1. The van der Waals surface area contributed by atoms with Crippen molar-refractivity contribution in [1.29, 1.82) is 0 Å². The fraction of sp³-hybridized carbons (Fsp3) is 0.923. The molecule has 3 aliphatic carbocycles. The monoisotopic (exact) mass is 241 g/mol. The number of alkyl halides is 1. The van der Waals surface area contributed by atoms with Gasteiger partial charge in [-0.05, 0) is 43.4 Å². The summed E-state index contributed by atoms with van der Waals surface area (Å²) in [6.45, 7) is 0.808. The molecule has 3 rings (SSSR count). The molecule has 3 aliphatic rings. The highest BCUT2D eigenvalue weighted by molar-refractivity contribution is 6.21. The lowest BCUT2D eigenvalue weighted by Gasteiger charge is -2.14. The first kappa shape index (κ1) is 10.9. The van der Waals surface area contributed by atoms with Gasteiger partial charge in [0.05, 0.1) is 0 Å². The number of amides is 1. The second-order valence-electron chi connectivity index (χ2n) is 5.74. The van der Waals surface area contributed by atoms with E-state index in [2.05, 4.69) is 5.32 Å². The Balaban J connectivity index is 1.44. The van der Waals surface area contributed by atoms with E-state index < -0.39 is 0 Å². The predicted octanol–water partition coefficient (Wildman–Crippen LogP) is 2.56. The van der Waals surface area contributed by atoms with Crippen molar-refractivity contribution < 1.29 is 4.79 Å². The molecule has 0 heterocycles. The van der Waals surface area contributed by atoms with Crippen LogP contribution in [-0.4, -0.2) is 17.8 Å². The summed E-state index contributed by atoms with van der Waals surface area (Å²) in [5.74, 6) is 2.66. The summed E-state index contributed by atoms with van der Waals surface area (Å²) in [4.78, 5) is 11.9. The highest BCUT2D eigenvalue weighted by Gasteiger charge is 2.56. The van der Waals surface area contributed by atoms with Crippen LogP contribution in [0.25, 0.3) is 0 Å². The molecule has 0 aromatic heterocycles. The fourth-order valence-corrected chi connectivity index (χ4v) is 4.15. The van der Waals surface area contributed by atoms with Crippen molar-refractivity contribution in [3.05, 3.63) is 0 Å². The molecule has 2 nitrogen and oxygen atoms in total. The Bertz CT molecular complexity index is 284. The van der Waals surface area contributed by atoms with E-state index in [9.17, 15) is 4.79 Å². The maximum absolute atomic E-state index is 11.9. The van der Waals surface area contributed by atoms with Crippen molar-refractivity contribution in [2.45, 2.75) is 43.9 Å². The summed E-state index contributed by atoms with van der Waals surface area (Å²) in [5, 5.41) is 3.41. The van der Waals surface area contributed by atoms with E-state index in [0.29, 0.717) is 23.1 Å². The normalized spacial score (nSPS) is 45.4. The molecule has 90 valence electrons. The molecule has 1 N–H and O–H groups in total. The molecule has 0 bridgehead atoms. The van der Waals surface area contributed by atoms with Crippen molar-refractivity contribution in [1.82, 2.24) is 5.32 Å². The number of nitrogens with one attached hydrogen (secondary N) is 1. The minimum atomic E-state index is 0.291. The Kier molecular flexibility index (Phi) is 2.87. The average molecular weight is 242 g/mol. The van der Waals surface area contributed by atoms with E-state index in [0.717, 1.165) is 24.8 Å². The van der Waals surface area contributed by atoms with Gasteiger partial charge in [-0.15, -0.1) is 11.6 Å². The minimum Gasteiger partial charge on any atom is -0.356 e. The maximum Gasteiger partial charge on any atom is 0.223 e. The molecule has 0 spiro atoms. The van der Waals surface area contributed by atoms with Crippen LogP contribution in [0.3, 0.4) is 0 Å². The Hall–Kier alpha value is -0.240. The van der Waals surface area contributed by atoms with Gasteiger partial charge in [-0.2, -0.15) is 0 Å². The average Bonchev–Trinajstić information content (AvgIpc) is 2.67. The van der Waals surface area contributed by atoms with Gasteiger partial charge in [0, 0.05) is 17.8 Å². The smallest absolute Gasteiger partial charge is 0.223 e. The van der Waals surface area contributed by atoms with E-state index >= 15 is 0 Å². The standard InChI is InChI=1S/C13H20ClNO/c14-11-6-1-3-8(11)7-15-13(16)12-9-4-2-5-10(9)12/h8-12H,1-7H2,(H,15,16). The van der Waals surface area contributed by atoms with Gasteiger partial charge in [-0.1, -0.05) is 12.8 Å². The van der Waals surface area contributed by atoms with E-state index in [1.165, 1.54) is 32.1 Å². The summed E-state index contributed by atoms with van der Waals surface area (Å²) in [7, 11) is 0. The highest BCUT2D eigenvalue weighted by atomic mass is 35.5. The molecule has 0 aromatic carbocycles. The Labute approximate surface area is 102 Å². The van der Waals surface area contributed by atoms with Crippen molar-refractivity contribution >= 4 is 17.5 Å². The summed E-state index contributed by atoms with van der Waals surface area (Å²) in [6.07, 6.45) is 7.44. The summed E-state index contributed by atoms with van der Waals surface area (Å²) in [6, 6.07) is 0. The van der Waals surface area contributed by atoms with Crippen molar-refractivity contribution in [2.75, 3.05) is 6.54 Å². The van der Waals surface area contributed by atoms with Crippen molar-refractivity contribution in [2.24, 2.45) is 23.7 Å². The molecule has 0 aliphatic heterocycles. The molecule has 3 heteroatoms. The summed E-state index contributed by atoms with van der Waals surface area (Å²) >= 11 is 6.20. The molecule has 3 saturated carbocycles. The fourth-order valence-electron chi connectivity index (χ4n) is 3.78. The number of carbonyl (C=O) groups is 1. The van der Waals surface area contributed by atoms with Gasteiger partial charge in [0.1, 0.15) is 0 Å². The Morgan fingerprint density at radius 2 is 1.81 bits per heavy atom. The zero-order valence-corrected chi connectivity index (χ0v) is 10.4. The van der Waals surface area contributed by atoms with Gasteiger partial charge in [0.2, 0.25) is 5.91 Å². The molecule has 4 atom stereocenters. The second-order valence-corrected chi connectivity index (χ2v) is 6.30. The number of hydrogen-bond acceptors (Lipinski definition) is 1. The molecule has 0 saturated heterocycles. The molecular formula is C13H20ClNO. The van der Waals surface area contributed by atoms with Crippen LogP contribution in [-0.2, 0) is 4.79 Å². The molecule has 4 unspecified atom stereocenters. The number of hydrogen-bond donors (Lipinski definition) is 1. The quantitative estimate of drug-likeness (QED) is 0.756. The maximum atomic E-state index is 11.9. The van der Waals surface area contributed by atoms with Crippen LogP contribution in [0, 0.1) is 23.7 Å². The minimum absolute atomic E-state index is 0.291. The van der Waals surface area contributed by atoms with E-state index in [-0.39, 0.29) is 0 Å². The van der Waals surface area contributed by atoms with Crippen molar-refractivity contribution in [3.63, 3.8) is 0 Å². The second kappa shape index (κ2) is 4.21. The zero-order chi connectivity index (χ0) is 11.1. The third kappa shape index (κ3) is 1.85. The molecule has 16 heavy (non-hydrogen) atoms. The zero-order valence-electron chi connectivity index (χ0n) is 9.62. The first-order chi connectivity index (χ1) is 7.77. The van der Waals surface area contributed by atoms with Crippen LogP contribution < -0.4 is 5.32 Å². The third-order valence-electron chi connectivity index (χ3n) is 4.81. The van der Waals surface area contributed by atoms with Gasteiger partial charge >= 0.3 is 0 Å². The van der Waals surface area contributed by atoms with Crippen LogP contribution in [0.1, 0.15) is 38.5 Å². The first-order valence-corrected chi connectivity index (χ1v) is 7.13. The highest BCUT2D eigenvalue weighted by Crippen LogP contribution is 2.57. The van der Waals surface area contributed by atoms with E-state index in [4.69, 9.17) is 11.6 Å². The van der Waals surface area contributed by atoms with Gasteiger partial charge in [0.15, 0.2) is 0 Å². The lowest BCUT2D eigenvalue weighted by molar-refractivity contribution is -0.123. The molecule has 0 radical (unpaired) electrons. The van der Waals surface area contributed by atoms with Crippen LogP contribution in [0.5, 0.6) is 0 Å². The lowest BCUT2D eigenvalue weighted by Crippen LogP contribution is -2.33. The molecular weight excluding hydrogens is 222 g/mol. The molecule has 1 amide bonds. The largest absolute Gasteiger partial charge is 0.356 e. The topological polar surface area (TPSA) is 29.1 Å². The van der Waals surface area contributed by atoms with Crippen LogP contribution in [0.2, 0.25) is 0 Å². The van der Waals surface area contributed by atoms with Crippen molar-refractivity contribution in [3.8, 4) is 0 Å². The van der Waals surface area contributed by atoms with Gasteiger partial charge in [-0.3, -0.25) is 4.79 Å². The predicted molar refractivity (Wildman–Crippen MR) is 64.3 cm³/mol. The van der Waals surface area contributed by atoms with E-state index in [1.54, 1.807) is 0 Å². The van der Waals surface area contributed by atoms with Crippen LogP contribution in [0.4, 0.5) is 0 Å². The van der Waals surface area contributed by atoms with Gasteiger partial charge in [0.25, 0.3) is 0 Å². The summed E-state index contributed by atoms with van der Waals surface area (Å²) < 4.78 is 0. The number of rotatable bonds is 3. The summed E-state index contributed by atoms with van der Waals surface area (Å²) in [5.41, 5.74) is 0. The SMILES string of the molecule is O=C(NCC1CCCC1Cl)C1C2CCCC21. The first-order valence-electron chi connectivity index (χ1n) is 6.69. The van der Waals surface area contributed by atoms with Crippen LogP contribution >= 0.6 is 11.6 Å². The van der Waals surface area contributed by atoms with Crippen LogP contribution in [0.15, 0.2) is 0 Å². The van der Waals surface area contributed by atoms with Gasteiger partial charge in [-0.25, -0.2) is 0 Å². The van der Waals surface area contributed by atoms with E-state index in [1.807, 2.05) is 0 Å².